The molecule has 0 radical (unpaired) electrons. The van der Waals surface area contributed by atoms with Crippen molar-refractivity contribution in [3.05, 3.63) is 39.8 Å². The molecule has 0 fully saturated rings. The number of carbonyl (C=O) groups excluding carboxylic acids is 3. The summed E-state index contributed by atoms with van der Waals surface area (Å²) < 4.78 is 15.8. The first-order valence-electron chi connectivity index (χ1n) is 9.75. The van der Waals surface area contributed by atoms with Crippen molar-refractivity contribution < 1.29 is 28.6 Å². The van der Waals surface area contributed by atoms with Gasteiger partial charge in [0.1, 0.15) is 5.00 Å². The molecule has 158 valence electrons. The van der Waals surface area contributed by atoms with Gasteiger partial charge in [-0.15, -0.1) is 11.3 Å². The third-order valence-electron chi connectivity index (χ3n) is 4.93. The Kier molecular flexibility index (Phi) is 5.89. The normalized spacial score (nSPS) is 14.0. The van der Waals surface area contributed by atoms with E-state index in [1.54, 1.807) is 12.1 Å². The Morgan fingerprint density at radius 2 is 1.93 bits per heavy atom. The van der Waals surface area contributed by atoms with Gasteiger partial charge in [0, 0.05) is 18.3 Å². The van der Waals surface area contributed by atoms with Crippen LogP contribution in [0.5, 0.6) is 11.5 Å². The fourth-order valence-corrected chi connectivity index (χ4v) is 4.86. The number of esters is 1. The van der Waals surface area contributed by atoms with Gasteiger partial charge in [0.25, 0.3) is 5.91 Å². The number of fused-ring (bicyclic) bond motifs is 2. The van der Waals surface area contributed by atoms with Crippen molar-refractivity contribution in [3.63, 3.8) is 0 Å². The molecule has 9 heteroatoms. The van der Waals surface area contributed by atoms with Crippen molar-refractivity contribution in [3.8, 4) is 11.5 Å². The number of nitrogens with one attached hydrogen (secondary N) is 2. The zero-order valence-corrected chi connectivity index (χ0v) is 17.4. The van der Waals surface area contributed by atoms with Crippen molar-refractivity contribution in [1.29, 1.82) is 0 Å². The molecule has 0 spiro atoms. The van der Waals surface area contributed by atoms with Gasteiger partial charge < -0.3 is 24.8 Å². The minimum atomic E-state index is -0.587. The summed E-state index contributed by atoms with van der Waals surface area (Å²) >= 11 is 1.41. The molecule has 4 rings (SSSR count). The summed E-state index contributed by atoms with van der Waals surface area (Å²) in [6.45, 7) is 1.47. The molecule has 8 nitrogen and oxygen atoms in total. The van der Waals surface area contributed by atoms with Gasteiger partial charge in [-0.1, -0.05) is 6.07 Å². The Morgan fingerprint density at radius 3 is 2.77 bits per heavy atom. The summed E-state index contributed by atoms with van der Waals surface area (Å²) in [6.07, 6.45) is 3.70. The van der Waals surface area contributed by atoms with Crippen molar-refractivity contribution in [2.75, 3.05) is 18.7 Å². The van der Waals surface area contributed by atoms with Crippen LogP contribution in [0, 0.1) is 0 Å². The van der Waals surface area contributed by atoms with E-state index in [9.17, 15) is 14.4 Å². The third kappa shape index (κ3) is 4.40. The average molecular weight is 430 g/mol. The number of carbonyl (C=O) groups is 3. The molecule has 1 aliphatic carbocycles. The van der Waals surface area contributed by atoms with Gasteiger partial charge in [0.2, 0.25) is 12.7 Å². The minimum Gasteiger partial charge on any atom is -0.454 e. The molecule has 2 N–H and O–H groups in total. The molecule has 1 aromatic heterocycles. The summed E-state index contributed by atoms with van der Waals surface area (Å²) in [5.74, 6) is 0.0701. The largest absolute Gasteiger partial charge is 0.454 e. The van der Waals surface area contributed by atoms with E-state index in [0.29, 0.717) is 22.1 Å². The summed E-state index contributed by atoms with van der Waals surface area (Å²) in [5.41, 5.74) is 2.16. The van der Waals surface area contributed by atoms with E-state index in [-0.39, 0.29) is 19.2 Å². The molecule has 0 saturated heterocycles. The van der Waals surface area contributed by atoms with E-state index in [4.69, 9.17) is 14.2 Å². The summed E-state index contributed by atoms with van der Waals surface area (Å²) in [4.78, 5) is 37.5. The lowest BCUT2D eigenvalue weighted by Gasteiger charge is -2.13. The summed E-state index contributed by atoms with van der Waals surface area (Å²) in [6, 6.07) is 5.41. The number of hydrogen-bond acceptors (Lipinski definition) is 7. The van der Waals surface area contributed by atoms with Crippen molar-refractivity contribution in [2.45, 2.75) is 39.2 Å². The number of anilines is 1. The molecule has 2 aromatic rings. The van der Waals surface area contributed by atoms with Crippen LogP contribution in [0.2, 0.25) is 0 Å². The van der Waals surface area contributed by atoms with E-state index in [0.717, 1.165) is 41.7 Å². The maximum Gasteiger partial charge on any atom is 0.341 e. The second-order valence-corrected chi connectivity index (χ2v) is 8.24. The molecule has 1 aromatic carbocycles. The lowest BCUT2D eigenvalue weighted by atomic mass is 9.95. The molecule has 0 unspecified atom stereocenters. The Labute approximate surface area is 177 Å². The van der Waals surface area contributed by atoms with Crippen LogP contribution >= 0.6 is 11.3 Å². The first kappa shape index (κ1) is 20.2. The van der Waals surface area contributed by atoms with E-state index in [1.165, 1.54) is 18.3 Å². The Bertz CT molecular complexity index is 1000. The SMILES string of the molecule is CC(=O)Nc1sc2c(c1C(=O)OCC(=O)NCc1ccc3c(c1)OCO3)CCCC2. The van der Waals surface area contributed by atoms with Crippen molar-refractivity contribution in [1.82, 2.24) is 5.32 Å². The Hall–Kier alpha value is -3.07. The van der Waals surface area contributed by atoms with Gasteiger partial charge in [0.15, 0.2) is 18.1 Å². The highest BCUT2D eigenvalue weighted by Gasteiger charge is 2.27. The van der Waals surface area contributed by atoms with Crippen LogP contribution in [-0.4, -0.2) is 31.2 Å². The van der Waals surface area contributed by atoms with E-state index < -0.39 is 18.5 Å². The highest BCUT2D eigenvalue weighted by Crippen LogP contribution is 2.38. The first-order chi connectivity index (χ1) is 14.5. The predicted octanol–water partition coefficient (Wildman–Crippen LogP) is 2.79. The van der Waals surface area contributed by atoms with Gasteiger partial charge >= 0.3 is 5.97 Å². The lowest BCUT2D eigenvalue weighted by molar-refractivity contribution is -0.124. The van der Waals surface area contributed by atoms with Crippen LogP contribution in [0.4, 0.5) is 5.00 Å². The summed E-state index contributed by atoms with van der Waals surface area (Å²) in [7, 11) is 0. The zero-order valence-electron chi connectivity index (χ0n) is 16.5. The molecule has 0 saturated carbocycles. The van der Waals surface area contributed by atoms with Crippen LogP contribution in [0.25, 0.3) is 0 Å². The molecular weight excluding hydrogens is 408 g/mol. The van der Waals surface area contributed by atoms with E-state index in [1.807, 2.05) is 6.07 Å². The smallest absolute Gasteiger partial charge is 0.341 e. The van der Waals surface area contributed by atoms with Gasteiger partial charge in [-0.05, 0) is 48.9 Å². The standard InChI is InChI=1S/C21H22N2O6S/c1-12(24)23-20-19(14-4-2-3-5-17(14)30-20)21(26)27-10-18(25)22-9-13-6-7-15-16(8-13)29-11-28-15/h6-8H,2-5,9-11H2,1H3,(H,22,25)(H,23,24). The summed E-state index contributed by atoms with van der Waals surface area (Å²) in [5, 5.41) is 5.94. The number of benzene rings is 1. The molecule has 30 heavy (non-hydrogen) atoms. The van der Waals surface area contributed by atoms with Crippen LogP contribution in [-0.2, 0) is 33.7 Å². The second kappa shape index (κ2) is 8.74. The van der Waals surface area contributed by atoms with E-state index >= 15 is 0 Å². The zero-order chi connectivity index (χ0) is 21.1. The number of ether oxygens (including phenoxy) is 3. The number of thiophene rings is 1. The molecule has 2 amide bonds. The topological polar surface area (TPSA) is 103 Å². The second-order valence-electron chi connectivity index (χ2n) is 7.14. The minimum absolute atomic E-state index is 0.188. The quantitative estimate of drug-likeness (QED) is 0.683. The Morgan fingerprint density at radius 1 is 1.13 bits per heavy atom. The van der Waals surface area contributed by atoms with Crippen molar-refractivity contribution >= 4 is 34.1 Å². The number of aryl methyl sites for hydroxylation is 1. The van der Waals surface area contributed by atoms with Gasteiger partial charge in [-0.25, -0.2) is 4.79 Å². The molecule has 2 heterocycles. The van der Waals surface area contributed by atoms with Crippen molar-refractivity contribution in [2.24, 2.45) is 0 Å². The fraction of sp³-hybridized carbons (Fsp3) is 0.381. The number of hydrogen-bond donors (Lipinski definition) is 2. The molecular formula is C21H22N2O6S. The Balaban J connectivity index is 1.35. The lowest BCUT2D eigenvalue weighted by Crippen LogP contribution is -2.28. The highest BCUT2D eigenvalue weighted by atomic mass is 32.1. The van der Waals surface area contributed by atoms with E-state index in [2.05, 4.69) is 10.6 Å². The van der Waals surface area contributed by atoms with Crippen LogP contribution in [0.15, 0.2) is 18.2 Å². The van der Waals surface area contributed by atoms with Gasteiger partial charge in [0.05, 0.1) is 5.56 Å². The first-order valence-corrected chi connectivity index (χ1v) is 10.6. The monoisotopic (exact) mass is 430 g/mol. The maximum atomic E-state index is 12.7. The number of amides is 2. The molecule has 1 aliphatic heterocycles. The fourth-order valence-electron chi connectivity index (χ4n) is 3.54. The van der Waals surface area contributed by atoms with Crippen LogP contribution in [0.1, 0.15) is 46.1 Å². The molecule has 2 aliphatic rings. The highest BCUT2D eigenvalue weighted by molar-refractivity contribution is 7.17. The van der Waals surface area contributed by atoms with Gasteiger partial charge in [-0.3, -0.25) is 9.59 Å². The van der Waals surface area contributed by atoms with Gasteiger partial charge in [-0.2, -0.15) is 0 Å². The van der Waals surface area contributed by atoms with Crippen LogP contribution < -0.4 is 20.1 Å². The van der Waals surface area contributed by atoms with Crippen LogP contribution in [0.3, 0.4) is 0 Å². The average Bonchev–Trinajstić information content (AvgIpc) is 3.33. The maximum absolute atomic E-state index is 12.7. The number of rotatable bonds is 6. The predicted molar refractivity (Wildman–Crippen MR) is 110 cm³/mol. The molecule has 0 bridgehead atoms. The third-order valence-corrected chi connectivity index (χ3v) is 6.13. The molecule has 0 atom stereocenters.